The molecule has 1 aromatic carbocycles. The van der Waals surface area contributed by atoms with E-state index in [1.807, 2.05) is 0 Å². The molecule has 98 valence electrons. The van der Waals surface area contributed by atoms with Crippen molar-refractivity contribution in [3.63, 3.8) is 0 Å². The van der Waals surface area contributed by atoms with Gasteiger partial charge in [0.15, 0.2) is 6.29 Å². The highest BCUT2D eigenvalue weighted by atomic mass is 16.7. The summed E-state index contributed by atoms with van der Waals surface area (Å²) >= 11 is 0. The van der Waals surface area contributed by atoms with Crippen molar-refractivity contribution < 1.29 is 19.5 Å². The van der Waals surface area contributed by atoms with Crippen LogP contribution in [0, 0.1) is 10.1 Å². The van der Waals surface area contributed by atoms with Gasteiger partial charge in [0, 0.05) is 17.4 Å². The Morgan fingerprint density at radius 1 is 1.39 bits per heavy atom. The van der Waals surface area contributed by atoms with Crippen molar-refractivity contribution in [2.45, 2.75) is 25.4 Å². The first-order valence-electron chi connectivity index (χ1n) is 5.75. The molecule has 0 saturated carbocycles. The van der Waals surface area contributed by atoms with Crippen molar-refractivity contribution >= 4 is 0 Å². The average molecular weight is 253 g/mol. The molecule has 6 heteroatoms. The number of ether oxygens (including phenoxy) is 2. The van der Waals surface area contributed by atoms with Crippen molar-refractivity contribution in [1.29, 1.82) is 0 Å². The van der Waals surface area contributed by atoms with E-state index in [4.69, 9.17) is 9.47 Å². The minimum absolute atomic E-state index is 0.480. The Morgan fingerprint density at radius 2 is 2.00 bits per heavy atom. The van der Waals surface area contributed by atoms with Gasteiger partial charge in [0.25, 0.3) is 0 Å². The third-order valence-corrected chi connectivity index (χ3v) is 2.98. The molecule has 1 heterocycles. The average Bonchev–Trinajstić information content (AvgIpc) is 2.90. The number of hydrogen-bond donors (Lipinski definition) is 1. The van der Waals surface area contributed by atoms with Crippen LogP contribution in [0.5, 0.6) is 0 Å². The van der Waals surface area contributed by atoms with Gasteiger partial charge in [-0.3, -0.25) is 10.1 Å². The van der Waals surface area contributed by atoms with Crippen molar-refractivity contribution in [3.8, 4) is 0 Å². The van der Waals surface area contributed by atoms with Crippen LogP contribution in [-0.2, 0) is 9.47 Å². The van der Waals surface area contributed by atoms with E-state index in [2.05, 4.69) is 0 Å². The van der Waals surface area contributed by atoms with Crippen molar-refractivity contribution in [2.75, 3.05) is 13.2 Å². The van der Waals surface area contributed by atoms with Gasteiger partial charge in [-0.1, -0.05) is 24.3 Å². The van der Waals surface area contributed by atoms with E-state index in [1.165, 1.54) is 6.92 Å². The number of aliphatic hydroxyl groups excluding tert-OH is 1. The molecule has 1 aliphatic heterocycles. The molecule has 1 saturated heterocycles. The van der Waals surface area contributed by atoms with Crippen LogP contribution in [0.25, 0.3) is 0 Å². The summed E-state index contributed by atoms with van der Waals surface area (Å²) < 4.78 is 10.7. The lowest BCUT2D eigenvalue weighted by molar-refractivity contribution is -0.531. The maximum absolute atomic E-state index is 10.7. The second-order valence-corrected chi connectivity index (χ2v) is 4.17. The van der Waals surface area contributed by atoms with Gasteiger partial charge in [-0.15, -0.1) is 0 Å². The Labute approximate surface area is 104 Å². The first kappa shape index (κ1) is 12.9. The molecule has 18 heavy (non-hydrogen) atoms. The molecule has 0 radical (unpaired) electrons. The number of nitro groups is 1. The van der Waals surface area contributed by atoms with Gasteiger partial charge in [0.1, 0.15) is 6.10 Å². The Balaban J connectivity index is 2.29. The van der Waals surface area contributed by atoms with Crippen molar-refractivity contribution in [2.24, 2.45) is 0 Å². The minimum Gasteiger partial charge on any atom is -0.381 e. The number of benzene rings is 1. The van der Waals surface area contributed by atoms with E-state index in [0.29, 0.717) is 24.3 Å². The van der Waals surface area contributed by atoms with Crippen LogP contribution in [0.4, 0.5) is 0 Å². The number of hydrogen-bond acceptors (Lipinski definition) is 5. The molecule has 0 unspecified atom stereocenters. The van der Waals surface area contributed by atoms with Crippen molar-refractivity contribution in [3.05, 3.63) is 45.5 Å². The second-order valence-electron chi connectivity index (χ2n) is 4.17. The molecule has 1 aromatic rings. The zero-order chi connectivity index (χ0) is 13.1. The van der Waals surface area contributed by atoms with Gasteiger partial charge in [-0.25, -0.2) is 0 Å². The van der Waals surface area contributed by atoms with Gasteiger partial charge >= 0.3 is 0 Å². The monoisotopic (exact) mass is 253 g/mol. The topological polar surface area (TPSA) is 81.8 Å². The van der Waals surface area contributed by atoms with Gasteiger partial charge in [0.05, 0.1) is 13.2 Å². The van der Waals surface area contributed by atoms with Crippen LogP contribution < -0.4 is 0 Å². The maximum atomic E-state index is 10.7. The van der Waals surface area contributed by atoms with Crippen LogP contribution in [0.3, 0.4) is 0 Å². The minimum atomic E-state index is -1.18. The fourth-order valence-electron chi connectivity index (χ4n) is 1.91. The summed E-state index contributed by atoms with van der Waals surface area (Å²) in [7, 11) is 0. The number of aliphatic hydroxyl groups is 1. The van der Waals surface area contributed by atoms with E-state index in [9.17, 15) is 15.2 Å². The summed E-state index contributed by atoms with van der Waals surface area (Å²) in [6.45, 7) is 2.34. The van der Waals surface area contributed by atoms with E-state index in [1.54, 1.807) is 24.3 Å². The Kier molecular flexibility index (Phi) is 3.90. The van der Waals surface area contributed by atoms with Crippen molar-refractivity contribution in [1.82, 2.24) is 0 Å². The smallest absolute Gasteiger partial charge is 0.239 e. The second kappa shape index (κ2) is 5.43. The molecular weight excluding hydrogens is 238 g/mol. The molecule has 0 bridgehead atoms. The van der Waals surface area contributed by atoms with E-state index in [0.717, 1.165) is 0 Å². The predicted molar refractivity (Wildman–Crippen MR) is 62.5 cm³/mol. The Morgan fingerprint density at radius 3 is 2.61 bits per heavy atom. The summed E-state index contributed by atoms with van der Waals surface area (Å²) in [5, 5.41) is 20.8. The number of nitrogens with zero attached hydrogens (tertiary/aromatic N) is 1. The fraction of sp³-hybridized carbons (Fsp3) is 0.500. The lowest BCUT2D eigenvalue weighted by Gasteiger charge is -2.19. The molecule has 1 aliphatic rings. The summed E-state index contributed by atoms with van der Waals surface area (Å²) in [6.07, 6.45) is -1.72. The third-order valence-electron chi connectivity index (χ3n) is 2.98. The molecule has 0 aromatic heterocycles. The molecular formula is C12H15NO5. The molecule has 1 fully saturated rings. The quantitative estimate of drug-likeness (QED) is 0.648. The van der Waals surface area contributed by atoms with Gasteiger partial charge in [0.2, 0.25) is 6.04 Å². The normalized spacial score (nSPS) is 19.7. The molecule has 0 spiro atoms. The highest BCUT2D eigenvalue weighted by Crippen LogP contribution is 2.31. The SMILES string of the molecule is C[C@@H]([C@H](O)c1ccccc1C1OCCO1)[N+](=O)[O-]. The van der Waals surface area contributed by atoms with Gasteiger partial charge in [-0.2, -0.15) is 0 Å². The first-order chi connectivity index (χ1) is 8.61. The van der Waals surface area contributed by atoms with Crippen LogP contribution in [-0.4, -0.2) is 29.3 Å². The van der Waals surface area contributed by atoms with Crippen LogP contribution in [0.2, 0.25) is 0 Å². The zero-order valence-corrected chi connectivity index (χ0v) is 9.98. The highest BCUT2D eigenvalue weighted by molar-refractivity contribution is 5.31. The standard InChI is InChI=1S/C12H15NO5/c1-8(13(15)16)11(14)9-4-2-3-5-10(9)12-17-6-7-18-12/h2-5,8,11-12,14H,6-7H2,1H3/t8-,11-/m0/s1. The summed E-state index contributed by atoms with van der Waals surface area (Å²) in [5.41, 5.74) is 1.13. The highest BCUT2D eigenvalue weighted by Gasteiger charge is 2.31. The molecule has 1 N–H and O–H groups in total. The largest absolute Gasteiger partial charge is 0.381 e. The van der Waals surface area contributed by atoms with Crippen LogP contribution in [0.15, 0.2) is 24.3 Å². The van der Waals surface area contributed by atoms with E-state index >= 15 is 0 Å². The lowest BCUT2D eigenvalue weighted by Crippen LogP contribution is -2.25. The molecule has 6 nitrogen and oxygen atoms in total. The number of rotatable bonds is 4. The lowest BCUT2D eigenvalue weighted by atomic mass is 9.98. The van der Waals surface area contributed by atoms with Gasteiger partial charge < -0.3 is 14.6 Å². The maximum Gasteiger partial charge on any atom is 0.239 e. The van der Waals surface area contributed by atoms with E-state index in [-0.39, 0.29) is 0 Å². The molecule has 2 atom stereocenters. The summed E-state index contributed by atoms with van der Waals surface area (Å²) in [4.78, 5) is 10.2. The summed E-state index contributed by atoms with van der Waals surface area (Å²) in [6, 6.07) is 5.84. The van der Waals surface area contributed by atoms with Gasteiger partial charge in [-0.05, 0) is 5.56 Å². The van der Waals surface area contributed by atoms with E-state index < -0.39 is 23.4 Å². The first-order valence-corrected chi connectivity index (χ1v) is 5.75. The molecule has 0 aliphatic carbocycles. The van der Waals surface area contributed by atoms with Crippen LogP contribution in [0.1, 0.15) is 30.4 Å². The Bertz CT molecular complexity index is 430. The zero-order valence-electron chi connectivity index (χ0n) is 9.98. The van der Waals surface area contributed by atoms with Crippen LogP contribution >= 0.6 is 0 Å². The summed E-state index contributed by atoms with van der Waals surface area (Å²) in [5.74, 6) is 0. The molecule has 0 amide bonds. The predicted octanol–water partition coefficient (Wildman–Crippen LogP) is 1.43. The Hall–Kier alpha value is -1.50. The third kappa shape index (κ3) is 2.50. The molecule has 2 rings (SSSR count). The fourth-order valence-corrected chi connectivity index (χ4v) is 1.91.